The fourth-order valence-electron chi connectivity index (χ4n) is 0.262. The van der Waals surface area contributed by atoms with Crippen LogP contribution in [-0.4, -0.2) is 31.6 Å². The molecule has 0 saturated carbocycles. The summed E-state index contributed by atoms with van der Waals surface area (Å²) in [5.41, 5.74) is 0. The van der Waals surface area contributed by atoms with Gasteiger partial charge in [-0.1, -0.05) is 0 Å². The Bertz CT molecular complexity index is 64.1. The third-order valence-electron chi connectivity index (χ3n) is 0.708. The molecule has 3 heteroatoms. The van der Waals surface area contributed by atoms with E-state index in [1.807, 2.05) is 0 Å². The van der Waals surface area contributed by atoms with Crippen molar-refractivity contribution in [1.29, 1.82) is 0 Å². The molecule has 0 bridgehead atoms. The molecule has 0 aliphatic rings. The number of hydrogen-bond acceptors (Lipinski definition) is 2. The van der Waals surface area contributed by atoms with Crippen molar-refractivity contribution in [2.75, 3.05) is 20.7 Å². The van der Waals surface area contributed by atoms with Crippen molar-refractivity contribution in [2.45, 2.75) is 0 Å². The highest BCUT2D eigenvalue weighted by Gasteiger charge is 1.83. The number of likely N-dealkylation sites (N-methyl/N-ethyl adjacent to an activating group) is 1. The zero-order valence-electron chi connectivity index (χ0n) is 4.60. The van der Waals surface area contributed by atoms with Gasteiger partial charge < -0.3 is 10.4 Å². The molecule has 0 aromatic rings. The first-order valence-corrected chi connectivity index (χ1v) is 2.09. The van der Waals surface area contributed by atoms with Gasteiger partial charge in [-0.15, -0.1) is 0 Å². The molecule has 0 atom stereocenters. The molecule has 0 spiro atoms. The molecule has 0 aromatic heterocycles. The van der Waals surface area contributed by atoms with E-state index in [1.165, 1.54) is 0 Å². The third-order valence-corrected chi connectivity index (χ3v) is 0.708. The van der Waals surface area contributed by atoms with Crippen molar-refractivity contribution in [1.82, 2.24) is 5.32 Å². The van der Waals surface area contributed by atoms with E-state index in [0.29, 0.717) is 5.84 Å². The van der Waals surface area contributed by atoms with Gasteiger partial charge in [-0.05, 0) is 0 Å². The minimum absolute atomic E-state index is 0.00694. The van der Waals surface area contributed by atoms with Crippen LogP contribution in [0.1, 0.15) is 0 Å². The van der Waals surface area contributed by atoms with E-state index < -0.39 is 0 Å². The first-order valence-electron chi connectivity index (χ1n) is 2.09. The summed E-state index contributed by atoms with van der Waals surface area (Å²) >= 11 is 0. The van der Waals surface area contributed by atoms with Gasteiger partial charge in [0.25, 0.3) is 0 Å². The van der Waals surface area contributed by atoms with Crippen LogP contribution in [-0.2, 0) is 0 Å². The lowest BCUT2D eigenvalue weighted by atomic mass is 10.6. The van der Waals surface area contributed by atoms with E-state index in [9.17, 15) is 0 Å². The Morgan fingerprint density at radius 1 is 1.86 bits per heavy atom. The van der Waals surface area contributed by atoms with Crippen molar-refractivity contribution < 1.29 is 5.11 Å². The second-order valence-corrected chi connectivity index (χ2v) is 1.08. The lowest BCUT2D eigenvalue weighted by Gasteiger charge is -1.95. The van der Waals surface area contributed by atoms with E-state index in [-0.39, 0.29) is 6.61 Å². The normalized spacial score (nSPS) is 11.6. The SMILES string of the molecule is CN=C(CO)NC. The van der Waals surface area contributed by atoms with Gasteiger partial charge in [0.2, 0.25) is 0 Å². The first kappa shape index (κ1) is 6.43. The summed E-state index contributed by atoms with van der Waals surface area (Å²) in [5.74, 6) is 0.611. The number of amidine groups is 1. The van der Waals surface area contributed by atoms with E-state index in [0.717, 1.165) is 0 Å². The van der Waals surface area contributed by atoms with Gasteiger partial charge >= 0.3 is 0 Å². The zero-order valence-corrected chi connectivity index (χ0v) is 4.60. The Morgan fingerprint density at radius 2 is 2.43 bits per heavy atom. The summed E-state index contributed by atoms with van der Waals surface area (Å²) in [4.78, 5) is 3.68. The molecule has 0 fully saturated rings. The lowest BCUT2D eigenvalue weighted by molar-refractivity contribution is 0.353. The molecule has 2 N–H and O–H groups in total. The second-order valence-electron chi connectivity index (χ2n) is 1.08. The van der Waals surface area contributed by atoms with Gasteiger partial charge in [0, 0.05) is 14.1 Å². The van der Waals surface area contributed by atoms with E-state index in [1.54, 1.807) is 14.1 Å². The summed E-state index contributed by atoms with van der Waals surface area (Å²) in [7, 11) is 3.35. The molecule has 0 heterocycles. The highest BCUT2D eigenvalue weighted by molar-refractivity contribution is 5.82. The Labute approximate surface area is 43.1 Å². The summed E-state index contributed by atoms with van der Waals surface area (Å²) in [6.07, 6.45) is 0. The van der Waals surface area contributed by atoms with Crippen LogP contribution < -0.4 is 5.32 Å². The minimum atomic E-state index is -0.00694. The van der Waals surface area contributed by atoms with Crippen LogP contribution in [0.2, 0.25) is 0 Å². The molecule has 0 rings (SSSR count). The van der Waals surface area contributed by atoms with Crippen molar-refractivity contribution >= 4 is 5.84 Å². The largest absolute Gasteiger partial charge is 0.388 e. The smallest absolute Gasteiger partial charge is 0.122 e. The highest BCUT2D eigenvalue weighted by atomic mass is 16.3. The van der Waals surface area contributed by atoms with E-state index in [4.69, 9.17) is 5.11 Å². The Hall–Kier alpha value is -0.570. The zero-order chi connectivity index (χ0) is 5.70. The second kappa shape index (κ2) is 3.61. The number of rotatable bonds is 1. The van der Waals surface area contributed by atoms with Crippen LogP contribution in [0, 0.1) is 0 Å². The maximum Gasteiger partial charge on any atom is 0.122 e. The van der Waals surface area contributed by atoms with Gasteiger partial charge in [0.15, 0.2) is 0 Å². The maximum absolute atomic E-state index is 8.33. The lowest BCUT2D eigenvalue weighted by Crippen LogP contribution is -2.21. The fourth-order valence-corrected chi connectivity index (χ4v) is 0.262. The van der Waals surface area contributed by atoms with E-state index in [2.05, 4.69) is 10.3 Å². The number of hydrogen-bond donors (Lipinski definition) is 2. The predicted molar refractivity (Wildman–Crippen MR) is 29.5 cm³/mol. The Morgan fingerprint density at radius 3 is 2.43 bits per heavy atom. The number of aliphatic hydroxyl groups excluding tert-OH is 1. The molecule has 42 valence electrons. The third kappa shape index (κ3) is 2.17. The van der Waals surface area contributed by atoms with Crippen LogP contribution in [0.25, 0.3) is 0 Å². The molecule has 0 aromatic carbocycles. The van der Waals surface area contributed by atoms with Gasteiger partial charge in [-0.2, -0.15) is 0 Å². The monoisotopic (exact) mass is 102 g/mol. The minimum Gasteiger partial charge on any atom is -0.388 e. The molecule has 0 unspecified atom stereocenters. The van der Waals surface area contributed by atoms with Crippen molar-refractivity contribution in [3.05, 3.63) is 0 Å². The molecule has 0 saturated heterocycles. The number of aliphatic hydroxyl groups is 1. The predicted octanol–water partition coefficient (Wildman–Crippen LogP) is -0.774. The van der Waals surface area contributed by atoms with Gasteiger partial charge in [0.05, 0.1) is 0 Å². The summed E-state index contributed by atoms with van der Waals surface area (Å²) in [6, 6.07) is 0. The average Bonchev–Trinajstić information content (AvgIpc) is 1.72. The van der Waals surface area contributed by atoms with Crippen molar-refractivity contribution in [3.8, 4) is 0 Å². The molecule has 7 heavy (non-hydrogen) atoms. The number of nitrogens with one attached hydrogen (secondary N) is 1. The molecule has 0 aliphatic carbocycles. The van der Waals surface area contributed by atoms with Gasteiger partial charge in [-0.3, -0.25) is 4.99 Å². The Balaban J connectivity index is 3.38. The van der Waals surface area contributed by atoms with Crippen molar-refractivity contribution in [2.24, 2.45) is 4.99 Å². The van der Waals surface area contributed by atoms with Crippen LogP contribution in [0.3, 0.4) is 0 Å². The highest BCUT2D eigenvalue weighted by Crippen LogP contribution is 1.62. The fraction of sp³-hybridized carbons (Fsp3) is 0.750. The van der Waals surface area contributed by atoms with Gasteiger partial charge in [0.1, 0.15) is 12.4 Å². The summed E-state index contributed by atoms with van der Waals surface area (Å²) < 4.78 is 0. The van der Waals surface area contributed by atoms with Gasteiger partial charge in [-0.25, -0.2) is 0 Å². The van der Waals surface area contributed by atoms with Crippen LogP contribution >= 0.6 is 0 Å². The molecule has 0 amide bonds. The standard InChI is InChI=1S/C4H10N2O/c1-5-4(3-7)6-2/h7H,3H2,1-2H3,(H,5,6). The summed E-state index contributed by atoms with van der Waals surface area (Å²) in [5, 5.41) is 11.0. The van der Waals surface area contributed by atoms with Crippen LogP contribution in [0.4, 0.5) is 0 Å². The molecular weight excluding hydrogens is 92.1 g/mol. The molecule has 0 aliphatic heterocycles. The molecule has 3 nitrogen and oxygen atoms in total. The molecule has 0 radical (unpaired) electrons. The van der Waals surface area contributed by atoms with Crippen LogP contribution in [0.15, 0.2) is 4.99 Å². The topological polar surface area (TPSA) is 44.6 Å². The average molecular weight is 102 g/mol. The van der Waals surface area contributed by atoms with Crippen molar-refractivity contribution in [3.63, 3.8) is 0 Å². The van der Waals surface area contributed by atoms with Crippen LogP contribution in [0.5, 0.6) is 0 Å². The molecular formula is C4H10N2O. The maximum atomic E-state index is 8.33. The first-order chi connectivity index (χ1) is 3.35. The summed E-state index contributed by atoms with van der Waals surface area (Å²) in [6.45, 7) is -0.00694. The number of aliphatic imine (C=N–C) groups is 1. The number of nitrogens with zero attached hydrogens (tertiary/aromatic N) is 1. The van der Waals surface area contributed by atoms with E-state index >= 15 is 0 Å². The Kier molecular flexibility index (Phi) is 3.32. The quantitative estimate of drug-likeness (QED) is 0.337.